The summed E-state index contributed by atoms with van der Waals surface area (Å²) in [5.74, 6) is -1.53. The first-order valence-corrected chi connectivity index (χ1v) is 6.11. The van der Waals surface area contributed by atoms with Crippen molar-refractivity contribution in [2.75, 3.05) is 13.1 Å². The SMILES string of the molecule is CCCCN(CC(F)(F)F)C(=O)Cn1cnc([N+](=O)[O-])n1. The van der Waals surface area contributed by atoms with Crippen LogP contribution in [0, 0.1) is 10.1 Å². The highest BCUT2D eigenvalue weighted by Crippen LogP contribution is 2.17. The summed E-state index contributed by atoms with van der Waals surface area (Å²) in [6.07, 6.45) is -2.50. The van der Waals surface area contributed by atoms with Crippen LogP contribution in [0.1, 0.15) is 19.8 Å². The molecule has 0 spiro atoms. The van der Waals surface area contributed by atoms with Crippen molar-refractivity contribution in [3.8, 4) is 0 Å². The van der Waals surface area contributed by atoms with Gasteiger partial charge >= 0.3 is 12.1 Å². The van der Waals surface area contributed by atoms with E-state index >= 15 is 0 Å². The Morgan fingerprint density at radius 1 is 1.52 bits per heavy atom. The molecule has 8 nitrogen and oxygen atoms in total. The molecule has 0 saturated heterocycles. The van der Waals surface area contributed by atoms with E-state index in [2.05, 4.69) is 10.1 Å². The first-order chi connectivity index (χ1) is 9.73. The zero-order valence-corrected chi connectivity index (χ0v) is 11.2. The fraction of sp³-hybridized carbons (Fsp3) is 0.700. The van der Waals surface area contributed by atoms with Gasteiger partial charge < -0.3 is 15.0 Å². The van der Waals surface area contributed by atoms with Gasteiger partial charge in [0.25, 0.3) is 0 Å². The molecule has 0 saturated carbocycles. The number of aromatic nitrogens is 3. The van der Waals surface area contributed by atoms with E-state index in [4.69, 9.17) is 0 Å². The van der Waals surface area contributed by atoms with Crippen LogP contribution in [-0.2, 0) is 11.3 Å². The van der Waals surface area contributed by atoms with Crippen LogP contribution in [0.15, 0.2) is 6.33 Å². The van der Waals surface area contributed by atoms with Crippen molar-refractivity contribution >= 4 is 11.9 Å². The predicted molar refractivity (Wildman–Crippen MR) is 64.2 cm³/mol. The van der Waals surface area contributed by atoms with E-state index < -0.39 is 36.0 Å². The summed E-state index contributed by atoms with van der Waals surface area (Å²) in [5, 5.41) is 13.8. The Kier molecular flexibility index (Phi) is 5.61. The van der Waals surface area contributed by atoms with Crippen LogP contribution in [0.2, 0.25) is 0 Å². The first kappa shape index (κ1) is 16.9. The summed E-state index contributed by atoms with van der Waals surface area (Å²) in [7, 11) is 0. The van der Waals surface area contributed by atoms with E-state index in [1.165, 1.54) is 0 Å². The zero-order chi connectivity index (χ0) is 16.0. The summed E-state index contributed by atoms with van der Waals surface area (Å²) >= 11 is 0. The van der Waals surface area contributed by atoms with E-state index in [0.717, 1.165) is 11.0 Å². The second-order valence-electron chi connectivity index (χ2n) is 4.28. The summed E-state index contributed by atoms with van der Waals surface area (Å²) in [5.41, 5.74) is 0. The lowest BCUT2D eigenvalue weighted by molar-refractivity contribution is -0.394. The van der Waals surface area contributed by atoms with Gasteiger partial charge in [0.05, 0.1) is 0 Å². The van der Waals surface area contributed by atoms with Gasteiger partial charge in [0.1, 0.15) is 13.1 Å². The van der Waals surface area contributed by atoms with Crippen LogP contribution in [-0.4, -0.2) is 49.8 Å². The Bertz CT molecular complexity index is 502. The molecule has 1 aromatic rings. The van der Waals surface area contributed by atoms with E-state index in [1.54, 1.807) is 6.92 Å². The first-order valence-electron chi connectivity index (χ1n) is 6.11. The Morgan fingerprint density at radius 2 is 2.19 bits per heavy atom. The number of carbonyl (C=O) groups excluding carboxylic acids is 1. The molecule has 0 bridgehead atoms. The molecule has 1 heterocycles. The van der Waals surface area contributed by atoms with E-state index in [0.29, 0.717) is 17.7 Å². The highest BCUT2D eigenvalue weighted by molar-refractivity contribution is 5.75. The van der Waals surface area contributed by atoms with Crippen molar-refractivity contribution in [2.24, 2.45) is 0 Å². The lowest BCUT2D eigenvalue weighted by Crippen LogP contribution is -2.41. The van der Waals surface area contributed by atoms with Crippen molar-refractivity contribution in [3.05, 3.63) is 16.4 Å². The van der Waals surface area contributed by atoms with Gasteiger partial charge in [-0.25, -0.2) is 0 Å². The highest BCUT2D eigenvalue weighted by Gasteiger charge is 2.33. The van der Waals surface area contributed by atoms with Gasteiger partial charge in [-0.05, 0) is 11.3 Å². The Hall–Kier alpha value is -2.20. The average Bonchev–Trinajstić information content (AvgIpc) is 2.81. The van der Waals surface area contributed by atoms with Crippen LogP contribution in [0.4, 0.5) is 19.1 Å². The fourth-order valence-electron chi connectivity index (χ4n) is 1.54. The number of hydrogen-bond donors (Lipinski definition) is 0. The van der Waals surface area contributed by atoms with Crippen molar-refractivity contribution in [1.82, 2.24) is 19.7 Å². The molecule has 0 N–H and O–H groups in total. The van der Waals surface area contributed by atoms with Crippen molar-refractivity contribution < 1.29 is 22.9 Å². The molecule has 1 amide bonds. The molecule has 0 radical (unpaired) electrons. The quantitative estimate of drug-likeness (QED) is 0.560. The van der Waals surface area contributed by atoms with E-state index in [1.807, 2.05) is 0 Å². The normalized spacial score (nSPS) is 11.4. The summed E-state index contributed by atoms with van der Waals surface area (Å²) in [6, 6.07) is 0. The number of hydrogen-bond acceptors (Lipinski definition) is 5. The Morgan fingerprint density at radius 3 is 2.67 bits per heavy atom. The molecule has 0 unspecified atom stereocenters. The minimum atomic E-state index is -4.50. The average molecular weight is 309 g/mol. The van der Waals surface area contributed by atoms with Crippen LogP contribution in [0.3, 0.4) is 0 Å². The number of unbranched alkanes of at least 4 members (excludes halogenated alkanes) is 1. The number of nitro groups is 1. The third-order valence-electron chi connectivity index (χ3n) is 2.49. The minimum Gasteiger partial charge on any atom is -0.390 e. The molecule has 1 aromatic heterocycles. The molecule has 0 aliphatic carbocycles. The van der Waals surface area contributed by atoms with Gasteiger partial charge in [0.15, 0.2) is 0 Å². The maximum absolute atomic E-state index is 12.4. The number of nitrogens with zero attached hydrogens (tertiary/aromatic N) is 5. The number of halogens is 3. The molecule has 0 atom stereocenters. The number of amides is 1. The Balaban J connectivity index is 2.72. The molecule has 0 aliphatic rings. The lowest BCUT2D eigenvalue weighted by atomic mass is 10.3. The smallest absolute Gasteiger partial charge is 0.390 e. The third-order valence-corrected chi connectivity index (χ3v) is 2.49. The molecule has 0 aromatic carbocycles. The number of alkyl halides is 3. The standard InChI is InChI=1S/C10H14F3N5O3/c1-2-3-4-16(6-10(11,12)13)8(19)5-17-7-14-9(15-17)18(20)21/h7H,2-6H2,1H3. The van der Waals surface area contributed by atoms with E-state index in [9.17, 15) is 28.1 Å². The second-order valence-corrected chi connectivity index (χ2v) is 4.28. The van der Waals surface area contributed by atoms with Crippen LogP contribution in [0.5, 0.6) is 0 Å². The highest BCUT2D eigenvalue weighted by atomic mass is 19.4. The topological polar surface area (TPSA) is 94.2 Å². The van der Waals surface area contributed by atoms with Crippen LogP contribution >= 0.6 is 0 Å². The van der Waals surface area contributed by atoms with Crippen LogP contribution < -0.4 is 0 Å². The van der Waals surface area contributed by atoms with Crippen molar-refractivity contribution in [3.63, 3.8) is 0 Å². The number of carbonyl (C=O) groups is 1. The van der Waals surface area contributed by atoms with Gasteiger partial charge in [-0.1, -0.05) is 18.3 Å². The van der Waals surface area contributed by atoms with E-state index in [-0.39, 0.29) is 6.54 Å². The van der Waals surface area contributed by atoms with Crippen molar-refractivity contribution in [1.29, 1.82) is 0 Å². The van der Waals surface area contributed by atoms with Crippen LogP contribution in [0.25, 0.3) is 0 Å². The second kappa shape index (κ2) is 6.99. The fourth-order valence-corrected chi connectivity index (χ4v) is 1.54. The molecular weight excluding hydrogens is 295 g/mol. The zero-order valence-electron chi connectivity index (χ0n) is 11.2. The molecule has 0 fully saturated rings. The third kappa shape index (κ3) is 5.75. The monoisotopic (exact) mass is 309 g/mol. The maximum atomic E-state index is 12.4. The minimum absolute atomic E-state index is 0.0361. The van der Waals surface area contributed by atoms with Gasteiger partial charge in [0.2, 0.25) is 12.2 Å². The number of rotatable bonds is 7. The molecular formula is C10H14F3N5O3. The summed E-state index contributed by atoms with van der Waals surface area (Å²) in [4.78, 5) is 25.4. The largest absolute Gasteiger partial charge is 0.490 e. The molecule has 11 heteroatoms. The summed E-state index contributed by atoms with van der Waals surface area (Å²) in [6.45, 7) is -0.133. The van der Waals surface area contributed by atoms with Gasteiger partial charge in [-0.15, -0.1) is 0 Å². The predicted octanol–water partition coefficient (Wildman–Crippen LogP) is 1.38. The lowest BCUT2D eigenvalue weighted by Gasteiger charge is -2.23. The van der Waals surface area contributed by atoms with Gasteiger partial charge in [-0.2, -0.15) is 17.9 Å². The molecule has 118 valence electrons. The molecule has 1 rings (SSSR count). The molecule has 0 aliphatic heterocycles. The van der Waals surface area contributed by atoms with Gasteiger partial charge in [-0.3, -0.25) is 4.79 Å². The maximum Gasteiger partial charge on any atom is 0.490 e. The summed E-state index contributed by atoms with van der Waals surface area (Å²) < 4.78 is 38.1. The van der Waals surface area contributed by atoms with Crippen molar-refractivity contribution in [2.45, 2.75) is 32.5 Å². The Labute approximate surface area is 117 Å². The molecule has 21 heavy (non-hydrogen) atoms. The van der Waals surface area contributed by atoms with Gasteiger partial charge in [0, 0.05) is 11.6 Å².